The van der Waals surface area contributed by atoms with Gasteiger partial charge < -0.3 is 10.1 Å². The smallest absolute Gasteiger partial charge is 0.0623 e. The maximum Gasteiger partial charge on any atom is 0.0623 e. The van der Waals surface area contributed by atoms with Crippen LogP contribution < -0.4 is 5.32 Å². The standard InChI is InChI=1S/C16H31NO/c1-4-7-17-16(11-18-12(2)3)10-15-9-13-5-6-14(15)8-13/h12-17H,4-11H2,1-3H3. The molecule has 2 nitrogen and oxygen atoms in total. The van der Waals surface area contributed by atoms with Crippen LogP contribution in [0, 0.1) is 17.8 Å². The average molecular weight is 253 g/mol. The van der Waals surface area contributed by atoms with E-state index in [0.29, 0.717) is 12.1 Å². The molecule has 0 aromatic carbocycles. The van der Waals surface area contributed by atoms with Gasteiger partial charge in [0.2, 0.25) is 0 Å². The third-order valence-corrected chi connectivity index (χ3v) is 4.79. The van der Waals surface area contributed by atoms with Crippen molar-refractivity contribution in [3.8, 4) is 0 Å². The van der Waals surface area contributed by atoms with E-state index in [9.17, 15) is 0 Å². The summed E-state index contributed by atoms with van der Waals surface area (Å²) in [5.41, 5.74) is 0. The summed E-state index contributed by atoms with van der Waals surface area (Å²) in [6, 6.07) is 0.580. The van der Waals surface area contributed by atoms with Crippen molar-refractivity contribution in [2.75, 3.05) is 13.2 Å². The van der Waals surface area contributed by atoms with Crippen molar-refractivity contribution in [2.24, 2.45) is 17.8 Å². The molecule has 106 valence electrons. The molecule has 0 aromatic rings. The molecule has 4 atom stereocenters. The molecular formula is C16H31NO. The summed E-state index contributed by atoms with van der Waals surface area (Å²) in [7, 11) is 0. The number of ether oxygens (including phenoxy) is 1. The highest BCUT2D eigenvalue weighted by molar-refractivity contribution is 4.91. The summed E-state index contributed by atoms with van der Waals surface area (Å²) in [6.45, 7) is 8.53. The SMILES string of the molecule is CCCNC(COC(C)C)CC1CC2CCC1C2. The van der Waals surface area contributed by atoms with Crippen LogP contribution in [0.3, 0.4) is 0 Å². The van der Waals surface area contributed by atoms with E-state index >= 15 is 0 Å². The molecule has 0 saturated heterocycles. The van der Waals surface area contributed by atoms with Crippen LogP contribution in [0.25, 0.3) is 0 Å². The molecule has 2 fully saturated rings. The molecular weight excluding hydrogens is 222 g/mol. The average Bonchev–Trinajstić information content (AvgIpc) is 2.94. The lowest BCUT2D eigenvalue weighted by molar-refractivity contribution is 0.0536. The summed E-state index contributed by atoms with van der Waals surface area (Å²) in [4.78, 5) is 0. The van der Waals surface area contributed by atoms with Gasteiger partial charge >= 0.3 is 0 Å². The second-order valence-electron chi connectivity index (χ2n) is 6.70. The van der Waals surface area contributed by atoms with Gasteiger partial charge in [0.15, 0.2) is 0 Å². The maximum absolute atomic E-state index is 5.83. The van der Waals surface area contributed by atoms with Crippen molar-refractivity contribution in [2.45, 2.75) is 71.4 Å². The lowest BCUT2D eigenvalue weighted by atomic mass is 9.84. The predicted molar refractivity (Wildman–Crippen MR) is 76.7 cm³/mol. The number of fused-ring (bicyclic) bond motifs is 2. The molecule has 4 unspecified atom stereocenters. The minimum Gasteiger partial charge on any atom is -0.377 e. The Morgan fingerprint density at radius 3 is 2.61 bits per heavy atom. The zero-order chi connectivity index (χ0) is 13.0. The Balaban J connectivity index is 1.76. The van der Waals surface area contributed by atoms with Crippen LogP contribution in [0.15, 0.2) is 0 Å². The monoisotopic (exact) mass is 253 g/mol. The molecule has 2 rings (SSSR count). The zero-order valence-electron chi connectivity index (χ0n) is 12.5. The van der Waals surface area contributed by atoms with Gasteiger partial charge in [0, 0.05) is 6.04 Å². The fourth-order valence-electron chi connectivity index (χ4n) is 3.90. The van der Waals surface area contributed by atoms with E-state index in [1.165, 1.54) is 38.5 Å². The highest BCUT2D eigenvalue weighted by atomic mass is 16.5. The molecule has 0 spiro atoms. The topological polar surface area (TPSA) is 21.3 Å². The molecule has 0 radical (unpaired) electrons. The Morgan fingerprint density at radius 1 is 1.22 bits per heavy atom. The lowest BCUT2D eigenvalue weighted by Gasteiger charge is -2.28. The number of hydrogen-bond donors (Lipinski definition) is 1. The van der Waals surface area contributed by atoms with Crippen LogP contribution in [-0.2, 0) is 4.74 Å². The second-order valence-corrected chi connectivity index (χ2v) is 6.70. The van der Waals surface area contributed by atoms with Gasteiger partial charge in [-0.3, -0.25) is 0 Å². The molecule has 2 aliphatic rings. The van der Waals surface area contributed by atoms with Gasteiger partial charge in [-0.05, 0) is 70.3 Å². The quantitative estimate of drug-likeness (QED) is 0.713. The van der Waals surface area contributed by atoms with E-state index in [2.05, 4.69) is 26.1 Å². The normalized spacial score (nSPS) is 32.3. The van der Waals surface area contributed by atoms with Crippen molar-refractivity contribution in [1.29, 1.82) is 0 Å². The first kappa shape index (κ1) is 14.3. The first-order valence-corrected chi connectivity index (χ1v) is 8.04. The van der Waals surface area contributed by atoms with Gasteiger partial charge in [-0.2, -0.15) is 0 Å². The summed E-state index contributed by atoms with van der Waals surface area (Å²) in [6.07, 6.45) is 8.95. The molecule has 18 heavy (non-hydrogen) atoms. The van der Waals surface area contributed by atoms with E-state index in [4.69, 9.17) is 4.74 Å². The van der Waals surface area contributed by atoms with E-state index in [0.717, 1.165) is 30.9 Å². The summed E-state index contributed by atoms with van der Waals surface area (Å²) in [5.74, 6) is 3.09. The van der Waals surface area contributed by atoms with Gasteiger partial charge in [-0.1, -0.05) is 13.3 Å². The highest BCUT2D eigenvalue weighted by Gasteiger charge is 2.40. The Kier molecular flexibility index (Phi) is 5.50. The first-order chi connectivity index (χ1) is 8.69. The molecule has 2 aliphatic carbocycles. The van der Waals surface area contributed by atoms with Gasteiger partial charge in [0.05, 0.1) is 12.7 Å². The molecule has 0 aromatic heterocycles. The number of hydrogen-bond acceptors (Lipinski definition) is 2. The van der Waals surface area contributed by atoms with Crippen LogP contribution >= 0.6 is 0 Å². The number of rotatable bonds is 8. The minimum absolute atomic E-state index is 0.357. The van der Waals surface area contributed by atoms with E-state index in [1.54, 1.807) is 0 Å². The Labute approximate surface area is 113 Å². The highest BCUT2D eigenvalue weighted by Crippen LogP contribution is 2.49. The first-order valence-electron chi connectivity index (χ1n) is 8.04. The van der Waals surface area contributed by atoms with Crippen molar-refractivity contribution >= 4 is 0 Å². The molecule has 0 amide bonds. The van der Waals surface area contributed by atoms with E-state index in [1.807, 2.05) is 0 Å². The van der Waals surface area contributed by atoms with Crippen LogP contribution in [0.1, 0.15) is 59.3 Å². The van der Waals surface area contributed by atoms with Crippen molar-refractivity contribution in [1.82, 2.24) is 5.32 Å². The third kappa shape index (κ3) is 3.96. The van der Waals surface area contributed by atoms with E-state index in [-0.39, 0.29) is 0 Å². The van der Waals surface area contributed by atoms with Crippen molar-refractivity contribution < 1.29 is 4.74 Å². The number of nitrogens with one attached hydrogen (secondary N) is 1. The summed E-state index contributed by atoms with van der Waals surface area (Å²) < 4.78 is 5.83. The van der Waals surface area contributed by atoms with Gasteiger partial charge in [0.1, 0.15) is 0 Å². The second kappa shape index (κ2) is 6.91. The Hall–Kier alpha value is -0.0800. The Morgan fingerprint density at radius 2 is 2.06 bits per heavy atom. The predicted octanol–water partition coefficient (Wildman–Crippen LogP) is 3.61. The lowest BCUT2D eigenvalue weighted by Crippen LogP contribution is -2.37. The molecule has 0 aliphatic heterocycles. The van der Waals surface area contributed by atoms with Gasteiger partial charge in [-0.15, -0.1) is 0 Å². The maximum atomic E-state index is 5.83. The fourth-order valence-corrected chi connectivity index (χ4v) is 3.90. The molecule has 2 saturated carbocycles. The van der Waals surface area contributed by atoms with Crippen LogP contribution in [0.5, 0.6) is 0 Å². The zero-order valence-corrected chi connectivity index (χ0v) is 12.5. The Bertz CT molecular complexity index is 241. The van der Waals surface area contributed by atoms with Crippen molar-refractivity contribution in [3.63, 3.8) is 0 Å². The largest absolute Gasteiger partial charge is 0.377 e. The molecule has 2 heteroatoms. The summed E-state index contributed by atoms with van der Waals surface area (Å²) in [5, 5.41) is 3.69. The molecule has 1 N–H and O–H groups in total. The fraction of sp³-hybridized carbons (Fsp3) is 1.00. The molecule has 2 bridgehead atoms. The minimum atomic E-state index is 0.357. The van der Waals surface area contributed by atoms with Crippen molar-refractivity contribution in [3.05, 3.63) is 0 Å². The molecule has 0 heterocycles. The van der Waals surface area contributed by atoms with E-state index < -0.39 is 0 Å². The van der Waals surface area contributed by atoms with Crippen LogP contribution in [0.4, 0.5) is 0 Å². The summed E-state index contributed by atoms with van der Waals surface area (Å²) >= 11 is 0. The van der Waals surface area contributed by atoms with Gasteiger partial charge in [0.25, 0.3) is 0 Å². The van der Waals surface area contributed by atoms with Crippen LogP contribution in [-0.4, -0.2) is 25.3 Å². The third-order valence-electron chi connectivity index (χ3n) is 4.79. The van der Waals surface area contributed by atoms with Crippen LogP contribution in [0.2, 0.25) is 0 Å². The van der Waals surface area contributed by atoms with Gasteiger partial charge in [-0.25, -0.2) is 0 Å².